The molecule has 18 heavy (non-hydrogen) atoms. The highest BCUT2D eigenvalue weighted by Crippen LogP contribution is 2.42. The summed E-state index contributed by atoms with van der Waals surface area (Å²) < 4.78 is 10.8. The summed E-state index contributed by atoms with van der Waals surface area (Å²) in [7, 11) is 0. The lowest BCUT2D eigenvalue weighted by Gasteiger charge is -2.37. The van der Waals surface area contributed by atoms with Crippen molar-refractivity contribution in [1.29, 1.82) is 0 Å². The Hall–Kier alpha value is -1.98. The number of nitrogens with one attached hydrogen (secondary N) is 1. The van der Waals surface area contributed by atoms with Crippen LogP contribution >= 0.6 is 0 Å². The van der Waals surface area contributed by atoms with Gasteiger partial charge < -0.3 is 19.6 Å². The van der Waals surface area contributed by atoms with Gasteiger partial charge >= 0.3 is 11.9 Å². The molecule has 96 valence electrons. The second-order valence-corrected chi connectivity index (χ2v) is 4.73. The molecule has 1 aliphatic heterocycles. The van der Waals surface area contributed by atoms with Gasteiger partial charge in [0.25, 0.3) is 5.91 Å². The van der Waals surface area contributed by atoms with Crippen molar-refractivity contribution in [2.75, 3.05) is 5.32 Å². The van der Waals surface area contributed by atoms with Crippen molar-refractivity contribution in [2.24, 2.45) is 0 Å². The van der Waals surface area contributed by atoms with E-state index in [1.165, 1.54) is 6.07 Å². The number of anilines is 1. The van der Waals surface area contributed by atoms with Crippen molar-refractivity contribution in [3.05, 3.63) is 11.8 Å². The Labute approximate surface area is 103 Å². The quantitative estimate of drug-likeness (QED) is 0.797. The average Bonchev–Trinajstić information content (AvgIpc) is 2.74. The Morgan fingerprint density at radius 3 is 2.72 bits per heavy atom. The Bertz CT molecular complexity index is 513. The molecule has 1 fully saturated rings. The minimum Gasteiger partial charge on any atom is -0.475 e. The van der Waals surface area contributed by atoms with Crippen molar-refractivity contribution >= 4 is 17.6 Å². The Kier molecular flexibility index (Phi) is 2.33. The molecule has 0 bridgehead atoms. The molecule has 0 radical (unpaired) electrons. The topological polar surface area (TPSA) is 88.8 Å². The maximum absolute atomic E-state index is 12.1. The summed E-state index contributed by atoms with van der Waals surface area (Å²) in [6, 6.07) is 1.27. The van der Waals surface area contributed by atoms with Gasteiger partial charge in [-0.15, -0.1) is 0 Å². The van der Waals surface area contributed by atoms with Gasteiger partial charge in [-0.25, -0.2) is 4.79 Å². The first-order valence-electron chi connectivity index (χ1n) is 5.98. The van der Waals surface area contributed by atoms with E-state index in [0.717, 1.165) is 19.3 Å². The molecule has 1 spiro atoms. The molecule has 1 aliphatic carbocycles. The highest BCUT2D eigenvalue weighted by molar-refractivity contribution is 6.01. The molecule has 1 aromatic rings. The lowest BCUT2D eigenvalue weighted by Crippen LogP contribution is -2.51. The van der Waals surface area contributed by atoms with Gasteiger partial charge in [0.05, 0.1) is 0 Å². The first kappa shape index (κ1) is 11.1. The molecular weight excluding hydrogens is 238 g/mol. The SMILES string of the molecule is O=C(O)c1cc2c(o1)OC1(CCCCC1)C(=O)N2. The zero-order valence-electron chi connectivity index (χ0n) is 9.69. The fraction of sp³-hybridized carbons (Fsp3) is 0.500. The van der Waals surface area contributed by atoms with Crippen LogP contribution in [0.5, 0.6) is 5.95 Å². The van der Waals surface area contributed by atoms with E-state index in [1.807, 2.05) is 0 Å². The van der Waals surface area contributed by atoms with Crippen LogP contribution in [0.2, 0.25) is 0 Å². The zero-order valence-corrected chi connectivity index (χ0v) is 9.69. The van der Waals surface area contributed by atoms with E-state index in [4.69, 9.17) is 14.3 Å². The summed E-state index contributed by atoms with van der Waals surface area (Å²) in [5, 5.41) is 11.5. The number of aromatic carboxylic acids is 1. The van der Waals surface area contributed by atoms with Gasteiger partial charge in [-0.1, -0.05) is 6.42 Å². The van der Waals surface area contributed by atoms with Crippen LogP contribution in [0.15, 0.2) is 10.5 Å². The molecule has 1 amide bonds. The van der Waals surface area contributed by atoms with E-state index in [1.54, 1.807) is 0 Å². The monoisotopic (exact) mass is 251 g/mol. The van der Waals surface area contributed by atoms with Gasteiger partial charge in [0, 0.05) is 6.07 Å². The van der Waals surface area contributed by atoms with Gasteiger partial charge in [0.15, 0.2) is 5.60 Å². The molecule has 0 aromatic carbocycles. The summed E-state index contributed by atoms with van der Waals surface area (Å²) in [5.41, 5.74) is -0.576. The van der Waals surface area contributed by atoms with Crippen LogP contribution in [-0.4, -0.2) is 22.6 Å². The number of carboxylic acid groups (broad SMARTS) is 1. The summed E-state index contributed by atoms with van der Waals surface area (Å²) in [6.07, 6.45) is 4.22. The van der Waals surface area contributed by atoms with Gasteiger partial charge in [-0.05, 0) is 25.7 Å². The average molecular weight is 251 g/mol. The lowest BCUT2D eigenvalue weighted by atomic mass is 9.83. The van der Waals surface area contributed by atoms with E-state index in [-0.39, 0.29) is 17.6 Å². The molecule has 2 N–H and O–H groups in total. The minimum absolute atomic E-state index is 0.105. The van der Waals surface area contributed by atoms with Crippen LogP contribution in [-0.2, 0) is 4.79 Å². The van der Waals surface area contributed by atoms with Crippen molar-refractivity contribution in [1.82, 2.24) is 0 Å². The highest BCUT2D eigenvalue weighted by atomic mass is 16.6. The molecule has 6 heteroatoms. The molecule has 0 atom stereocenters. The molecule has 0 saturated heterocycles. The van der Waals surface area contributed by atoms with Crippen molar-refractivity contribution < 1.29 is 23.8 Å². The standard InChI is InChI=1S/C12H13NO5/c14-9(15)8-6-7-10(17-8)18-12(11(16)13-7)4-2-1-3-5-12/h6H,1-5H2,(H,13,16)(H,14,15). The molecule has 0 unspecified atom stereocenters. The van der Waals surface area contributed by atoms with Crippen molar-refractivity contribution in [3.8, 4) is 5.95 Å². The molecule has 2 aliphatic rings. The summed E-state index contributed by atoms with van der Waals surface area (Å²) in [6.45, 7) is 0. The maximum Gasteiger partial charge on any atom is 0.372 e. The van der Waals surface area contributed by atoms with E-state index in [0.29, 0.717) is 18.5 Å². The molecular formula is C12H13NO5. The molecule has 6 nitrogen and oxygen atoms in total. The molecule has 1 saturated carbocycles. The van der Waals surface area contributed by atoms with Crippen LogP contribution in [0.1, 0.15) is 42.7 Å². The smallest absolute Gasteiger partial charge is 0.372 e. The van der Waals surface area contributed by atoms with Crippen LogP contribution < -0.4 is 10.1 Å². The second-order valence-electron chi connectivity index (χ2n) is 4.73. The van der Waals surface area contributed by atoms with E-state index in [9.17, 15) is 9.59 Å². The second kappa shape index (κ2) is 3.76. The lowest BCUT2D eigenvalue weighted by molar-refractivity contribution is -0.136. The van der Waals surface area contributed by atoms with E-state index >= 15 is 0 Å². The fourth-order valence-corrected chi connectivity index (χ4v) is 2.55. The van der Waals surface area contributed by atoms with Crippen LogP contribution in [0.4, 0.5) is 5.69 Å². The third kappa shape index (κ3) is 1.56. The first-order valence-corrected chi connectivity index (χ1v) is 5.98. The number of furan rings is 1. The number of amides is 1. The Morgan fingerprint density at radius 2 is 2.06 bits per heavy atom. The Balaban J connectivity index is 1.95. The van der Waals surface area contributed by atoms with Crippen molar-refractivity contribution in [2.45, 2.75) is 37.7 Å². The normalized spacial score (nSPS) is 21.0. The number of hydrogen-bond donors (Lipinski definition) is 2. The predicted octanol–water partition coefficient (Wildman–Crippen LogP) is 2.01. The summed E-state index contributed by atoms with van der Waals surface area (Å²) >= 11 is 0. The number of hydrogen-bond acceptors (Lipinski definition) is 4. The maximum atomic E-state index is 12.1. The number of fused-ring (bicyclic) bond motifs is 1. The summed E-state index contributed by atoms with van der Waals surface area (Å²) in [5.74, 6) is -1.51. The van der Waals surface area contributed by atoms with E-state index < -0.39 is 11.6 Å². The number of rotatable bonds is 1. The molecule has 1 aromatic heterocycles. The molecule has 2 heterocycles. The first-order chi connectivity index (χ1) is 8.61. The number of carbonyl (C=O) groups is 2. The Morgan fingerprint density at radius 1 is 1.33 bits per heavy atom. The third-order valence-electron chi connectivity index (χ3n) is 3.52. The molecule has 3 rings (SSSR count). The predicted molar refractivity (Wildman–Crippen MR) is 60.7 cm³/mol. The van der Waals surface area contributed by atoms with Crippen LogP contribution in [0.25, 0.3) is 0 Å². The van der Waals surface area contributed by atoms with Gasteiger partial charge in [-0.3, -0.25) is 4.79 Å². The van der Waals surface area contributed by atoms with Gasteiger partial charge in [0.1, 0.15) is 5.69 Å². The minimum atomic E-state index is -1.18. The van der Waals surface area contributed by atoms with E-state index in [2.05, 4.69) is 5.32 Å². The number of ether oxygens (including phenoxy) is 1. The van der Waals surface area contributed by atoms with Gasteiger partial charge in [-0.2, -0.15) is 0 Å². The zero-order chi connectivity index (χ0) is 12.8. The number of carbonyl (C=O) groups excluding carboxylic acids is 1. The van der Waals surface area contributed by atoms with Crippen LogP contribution in [0.3, 0.4) is 0 Å². The third-order valence-corrected chi connectivity index (χ3v) is 3.52. The largest absolute Gasteiger partial charge is 0.475 e. The van der Waals surface area contributed by atoms with Crippen molar-refractivity contribution in [3.63, 3.8) is 0 Å². The highest BCUT2D eigenvalue weighted by Gasteiger charge is 2.47. The van der Waals surface area contributed by atoms with Gasteiger partial charge in [0.2, 0.25) is 5.76 Å². The summed E-state index contributed by atoms with van der Waals surface area (Å²) in [4.78, 5) is 22.9. The fourth-order valence-electron chi connectivity index (χ4n) is 2.55. The van der Waals surface area contributed by atoms with Crippen LogP contribution in [0, 0.1) is 0 Å². The number of carboxylic acids is 1.